The first-order valence-corrected chi connectivity index (χ1v) is 5.91. The van der Waals surface area contributed by atoms with Crippen LogP contribution in [0.2, 0.25) is 0 Å². The van der Waals surface area contributed by atoms with Gasteiger partial charge >= 0.3 is 5.97 Å². The Labute approximate surface area is 112 Å². The van der Waals surface area contributed by atoms with Crippen LogP contribution in [0.5, 0.6) is 0 Å². The average molecular weight is 265 g/mol. The molecule has 0 aliphatic heterocycles. The third kappa shape index (κ3) is 3.96. The van der Waals surface area contributed by atoms with Crippen molar-refractivity contribution in [2.24, 2.45) is 10.9 Å². The van der Waals surface area contributed by atoms with E-state index in [0.29, 0.717) is 5.56 Å². The number of hydrogen-bond donors (Lipinski definition) is 3. The normalized spacial score (nSPS) is 14.8. The van der Waals surface area contributed by atoms with Crippen LogP contribution in [0.15, 0.2) is 29.4 Å². The predicted molar refractivity (Wildman–Crippen MR) is 72.0 cm³/mol. The molecular weight excluding hydrogens is 246 g/mol. The number of oxime groups is 1. The maximum Gasteiger partial charge on any atom is 0.322 e. The quantitative estimate of drug-likeness (QED) is 0.242. The maximum atomic E-state index is 11.3. The Hall–Kier alpha value is -2.08. The first-order valence-electron chi connectivity index (χ1n) is 5.91. The molecule has 0 heterocycles. The molecule has 0 fully saturated rings. The number of nitrogens with one attached hydrogen (secondary N) is 1. The molecule has 2 atom stereocenters. The zero-order valence-electron chi connectivity index (χ0n) is 11.3. The number of amidine groups is 1. The number of hydrogen-bond acceptors (Lipinski definition) is 5. The Balaban J connectivity index is 2.73. The van der Waals surface area contributed by atoms with Crippen molar-refractivity contribution in [1.29, 1.82) is 0 Å². The molecule has 0 bridgehead atoms. The zero-order chi connectivity index (χ0) is 14.4. The first-order chi connectivity index (χ1) is 8.99. The summed E-state index contributed by atoms with van der Waals surface area (Å²) in [6.07, 6.45) is 0. The Bertz CT molecular complexity index is 457. The van der Waals surface area contributed by atoms with E-state index in [0.717, 1.165) is 5.56 Å². The number of carbonyl (C=O) groups is 1. The van der Waals surface area contributed by atoms with Gasteiger partial charge < -0.3 is 15.7 Å². The SMILES string of the molecule is COC(=O)[C@@H](C)N[C@H](C)c1ccc(/C(N)=N\O)cc1. The summed E-state index contributed by atoms with van der Waals surface area (Å²) in [6, 6.07) is 6.82. The van der Waals surface area contributed by atoms with E-state index in [1.54, 1.807) is 19.1 Å². The van der Waals surface area contributed by atoms with Crippen LogP contribution >= 0.6 is 0 Å². The minimum Gasteiger partial charge on any atom is -0.468 e. The highest BCUT2D eigenvalue weighted by atomic mass is 16.5. The van der Waals surface area contributed by atoms with Gasteiger partial charge in [-0.15, -0.1) is 0 Å². The highest BCUT2D eigenvalue weighted by Gasteiger charge is 2.16. The lowest BCUT2D eigenvalue weighted by Gasteiger charge is -2.18. The Kier molecular flexibility index (Phi) is 5.32. The maximum absolute atomic E-state index is 11.3. The molecule has 0 aromatic heterocycles. The molecule has 19 heavy (non-hydrogen) atoms. The van der Waals surface area contributed by atoms with Gasteiger partial charge in [0, 0.05) is 11.6 Å². The fourth-order valence-electron chi connectivity index (χ4n) is 1.72. The topological polar surface area (TPSA) is 96.9 Å². The number of ether oxygens (including phenoxy) is 1. The van der Waals surface area contributed by atoms with Gasteiger partial charge in [0.2, 0.25) is 0 Å². The summed E-state index contributed by atoms with van der Waals surface area (Å²) in [5, 5.41) is 14.6. The standard InChI is InChI=1S/C13H19N3O3/c1-8(15-9(2)13(17)19-3)10-4-6-11(7-5-10)12(14)16-18/h4-9,15,18H,1-3H3,(H2,14,16)/t8-,9-/m1/s1. The lowest BCUT2D eigenvalue weighted by molar-refractivity contribution is -0.142. The van der Waals surface area contributed by atoms with Crippen LogP contribution < -0.4 is 11.1 Å². The largest absolute Gasteiger partial charge is 0.468 e. The number of carbonyl (C=O) groups excluding carboxylic acids is 1. The molecule has 1 aromatic rings. The number of methoxy groups -OCH3 is 1. The summed E-state index contributed by atoms with van der Waals surface area (Å²) in [7, 11) is 1.36. The molecule has 0 saturated carbocycles. The van der Waals surface area contributed by atoms with E-state index in [4.69, 9.17) is 10.9 Å². The lowest BCUT2D eigenvalue weighted by atomic mass is 10.0. The molecule has 1 aromatic carbocycles. The second-order valence-corrected chi connectivity index (χ2v) is 4.24. The molecule has 0 amide bonds. The third-order valence-electron chi connectivity index (χ3n) is 2.87. The van der Waals surface area contributed by atoms with Gasteiger partial charge in [-0.2, -0.15) is 0 Å². The fourth-order valence-corrected chi connectivity index (χ4v) is 1.72. The molecule has 4 N–H and O–H groups in total. The number of nitrogens with zero attached hydrogens (tertiary/aromatic N) is 1. The third-order valence-corrected chi connectivity index (χ3v) is 2.87. The van der Waals surface area contributed by atoms with Crippen molar-refractivity contribution in [2.75, 3.05) is 7.11 Å². The van der Waals surface area contributed by atoms with Crippen molar-refractivity contribution in [3.05, 3.63) is 35.4 Å². The number of rotatable bonds is 5. The van der Waals surface area contributed by atoms with Crippen LogP contribution in [0.3, 0.4) is 0 Å². The Morgan fingerprint density at radius 3 is 2.42 bits per heavy atom. The Morgan fingerprint density at radius 1 is 1.37 bits per heavy atom. The van der Waals surface area contributed by atoms with Crippen molar-refractivity contribution in [1.82, 2.24) is 5.32 Å². The Morgan fingerprint density at radius 2 is 1.95 bits per heavy atom. The van der Waals surface area contributed by atoms with Crippen molar-refractivity contribution >= 4 is 11.8 Å². The van der Waals surface area contributed by atoms with Crippen LogP contribution in [0.1, 0.15) is 31.0 Å². The highest BCUT2D eigenvalue weighted by Crippen LogP contribution is 2.14. The van der Waals surface area contributed by atoms with Crippen LogP contribution in [0, 0.1) is 0 Å². The van der Waals surface area contributed by atoms with E-state index in [2.05, 4.69) is 15.2 Å². The number of benzene rings is 1. The fraction of sp³-hybridized carbons (Fsp3) is 0.385. The lowest BCUT2D eigenvalue weighted by Crippen LogP contribution is -2.36. The zero-order valence-corrected chi connectivity index (χ0v) is 11.3. The summed E-state index contributed by atoms with van der Waals surface area (Å²) in [5.74, 6) is -0.241. The van der Waals surface area contributed by atoms with E-state index < -0.39 is 0 Å². The average Bonchev–Trinajstić information content (AvgIpc) is 2.45. The van der Waals surface area contributed by atoms with Gasteiger partial charge in [0.15, 0.2) is 5.84 Å². The summed E-state index contributed by atoms with van der Waals surface area (Å²) >= 11 is 0. The monoisotopic (exact) mass is 265 g/mol. The van der Waals surface area contributed by atoms with E-state index >= 15 is 0 Å². The van der Waals surface area contributed by atoms with Crippen molar-refractivity contribution in [3.8, 4) is 0 Å². The van der Waals surface area contributed by atoms with Crippen molar-refractivity contribution < 1.29 is 14.7 Å². The minimum atomic E-state index is -0.385. The molecule has 6 nitrogen and oxygen atoms in total. The van der Waals surface area contributed by atoms with E-state index in [9.17, 15) is 4.79 Å². The molecule has 0 saturated heterocycles. The molecule has 0 unspecified atom stereocenters. The molecule has 0 aliphatic rings. The van der Waals surface area contributed by atoms with Gasteiger partial charge in [0.1, 0.15) is 6.04 Å². The van der Waals surface area contributed by atoms with Gasteiger partial charge in [-0.25, -0.2) is 0 Å². The predicted octanol–water partition coefficient (Wildman–Crippen LogP) is 0.993. The number of esters is 1. The number of nitrogens with two attached hydrogens (primary N) is 1. The van der Waals surface area contributed by atoms with E-state index in [1.807, 2.05) is 19.1 Å². The first kappa shape index (κ1) is 15.0. The summed E-state index contributed by atoms with van der Waals surface area (Å²) in [4.78, 5) is 11.3. The van der Waals surface area contributed by atoms with Crippen molar-refractivity contribution in [2.45, 2.75) is 25.9 Å². The van der Waals surface area contributed by atoms with Crippen molar-refractivity contribution in [3.63, 3.8) is 0 Å². The van der Waals surface area contributed by atoms with E-state index in [-0.39, 0.29) is 23.9 Å². The molecule has 0 aliphatic carbocycles. The smallest absolute Gasteiger partial charge is 0.322 e. The minimum absolute atomic E-state index is 0.0181. The van der Waals surface area contributed by atoms with Gasteiger partial charge in [0.05, 0.1) is 7.11 Å². The molecule has 0 radical (unpaired) electrons. The van der Waals surface area contributed by atoms with Gasteiger partial charge in [-0.05, 0) is 19.4 Å². The van der Waals surface area contributed by atoms with Crippen LogP contribution in [0.4, 0.5) is 0 Å². The molecular formula is C13H19N3O3. The van der Waals surface area contributed by atoms with Gasteiger partial charge in [-0.1, -0.05) is 29.4 Å². The molecule has 1 rings (SSSR count). The summed E-state index contributed by atoms with van der Waals surface area (Å²) < 4.78 is 4.65. The van der Waals surface area contributed by atoms with Crippen LogP contribution in [-0.2, 0) is 9.53 Å². The second kappa shape index (κ2) is 6.75. The molecule has 6 heteroatoms. The second-order valence-electron chi connectivity index (χ2n) is 4.24. The van der Waals surface area contributed by atoms with E-state index in [1.165, 1.54) is 7.11 Å². The van der Waals surface area contributed by atoms with Gasteiger partial charge in [0.25, 0.3) is 0 Å². The van der Waals surface area contributed by atoms with Gasteiger partial charge in [-0.3, -0.25) is 10.1 Å². The molecule has 104 valence electrons. The summed E-state index contributed by atoms with van der Waals surface area (Å²) in [6.45, 7) is 3.69. The van der Waals surface area contributed by atoms with Crippen LogP contribution in [0.25, 0.3) is 0 Å². The van der Waals surface area contributed by atoms with Crippen LogP contribution in [-0.4, -0.2) is 30.2 Å². The molecule has 0 spiro atoms. The summed E-state index contributed by atoms with van der Waals surface area (Å²) in [5.41, 5.74) is 7.11. The highest BCUT2D eigenvalue weighted by molar-refractivity contribution is 5.96.